The molecule has 0 aliphatic carbocycles. The molecule has 6 heteroatoms. The van der Waals surface area contributed by atoms with Crippen LogP contribution in [0, 0.1) is 0 Å². The number of anilines is 1. The molecule has 0 aliphatic rings. The summed E-state index contributed by atoms with van der Waals surface area (Å²) in [5.74, 6) is -0.514. The van der Waals surface area contributed by atoms with E-state index in [1.54, 1.807) is 6.07 Å². The van der Waals surface area contributed by atoms with Crippen LogP contribution in [-0.2, 0) is 11.2 Å². The molecule has 0 saturated heterocycles. The van der Waals surface area contributed by atoms with E-state index in [0.29, 0.717) is 17.9 Å². The Bertz CT molecular complexity index is 1170. The molecule has 4 aromatic rings. The third kappa shape index (κ3) is 5.17. The van der Waals surface area contributed by atoms with Gasteiger partial charge in [-0.25, -0.2) is 14.8 Å². The number of hydrogen-bond acceptors (Lipinski definition) is 5. The molecule has 1 unspecified atom stereocenters. The third-order valence-corrected chi connectivity index (χ3v) is 5.21. The summed E-state index contributed by atoms with van der Waals surface area (Å²) < 4.78 is 0. The predicted molar refractivity (Wildman–Crippen MR) is 123 cm³/mol. The first-order valence-electron chi connectivity index (χ1n) is 10.3. The van der Waals surface area contributed by atoms with E-state index in [2.05, 4.69) is 15.3 Å². The number of nitrogens with zero attached hydrogens (tertiary/aromatic N) is 2. The average Bonchev–Trinajstić information content (AvgIpc) is 2.84. The van der Waals surface area contributed by atoms with Gasteiger partial charge in [0.05, 0.1) is 5.69 Å². The summed E-state index contributed by atoms with van der Waals surface area (Å²) in [6.45, 7) is 0. The van der Waals surface area contributed by atoms with E-state index in [9.17, 15) is 15.0 Å². The van der Waals surface area contributed by atoms with Crippen molar-refractivity contribution in [1.29, 1.82) is 0 Å². The maximum absolute atomic E-state index is 11.8. The molecular weight excluding hydrogens is 402 g/mol. The van der Waals surface area contributed by atoms with Crippen LogP contribution < -0.4 is 5.32 Å². The number of carboxylic acid groups (broad SMARTS) is 1. The number of aliphatic hydroxyl groups excluding tert-OH is 1. The van der Waals surface area contributed by atoms with Crippen LogP contribution in [0.2, 0.25) is 0 Å². The molecule has 0 radical (unpaired) electrons. The largest absolute Gasteiger partial charge is 0.480 e. The maximum atomic E-state index is 11.8. The third-order valence-electron chi connectivity index (χ3n) is 5.21. The van der Waals surface area contributed by atoms with Gasteiger partial charge in [0.15, 0.2) is 0 Å². The minimum absolute atomic E-state index is 0.335. The van der Waals surface area contributed by atoms with Crippen LogP contribution >= 0.6 is 0 Å². The number of benzene rings is 3. The van der Waals surface area contributed by atoms with Crippen LogP contribution in [0.5, 0.6) is 0 Å². The lowest BCUT2D eigenvalue weighted by atomic mass is 10.00. The minimum atomic E-state index is -0.951. The van der Waals surface area contributed by atoms with E-state index >= 15 is 0 Å². The number of nitrogens with one attached hydrogen (secondary N) is 1. The van der Waals surface area contributed by atoms with Gasteiger partial charge in [0.25, 0.3) is 0 Å². The number of aliphatic carboxylic acids is 1. The van der Waals surface area contributed by atoms with Crippen LogP contribution in [-0.4, -0.2) is 32.2 Å². The molecule has 1 aromatic heterocycles. The smallest absolute Gasteiger partial charge is 0.326 e. The average molecular weight is 425 g/mol. The Morgan fingerprint density at radius 1 is 0.844 bits per heavy atom. The SMILES string of the molecule is O=C(O)[C@H](Cc1ccccc1)Nc1cc(-c2ccc(C(O)c3ccccc3)cc2)ncn1. The van der Waals surface area contributed by atoms with Gasteiger partial charge in [-0.05, 0) is 16.7 Å². The summed E-state index contributed by atoms with van der Waals surface area (Å²) in [7, 11) is 0. The summed E-state index contributed by atoms with van der Waals surface area (Å²) in [5, 5.41) is 23.2. The Labute approximate surface area is 186 Å². The highest BCUT2D eigenvalue weighted by atomic mass is 16.4. The van der Waals surface area contributed by atoms with E-state index < -0.39 is 18.1 Å². The number of rotatable bonds is 8. The molecule has 6 nitrogen and oxygen atoms in total. The summed E-state index contributed by atoms with van der Waals surface area (Å²) in [6, 6.07) is 27.3. The van der Waals surface area contributed by atoms with Crippen molar-refractivity contribution in [3.05, 3.63) is 114 Å². The molecule has 32 heavy (non-hydrogen) atoms. The quantitative estimate of drug-likeness (QED) is 0.389. The molecule has 3 N–H and O–H groups in total. The Morgan fingerprint density at radius 2 is 1.47 bits per heavy atom. The van der Waals surface area contributed by atoms with E-state index in [1.807, 2.05) is 84.9 Å². The molecule has 1 heterocycles. The van der Waals surface area contributed by atoms with Gasteiger partial charge in [0, 0.05) is 18.1 Å². The van der Waals surface area contributed by atoms with Crippen LogP contribution in [0.4, 0.5) is 5.82 Å². The second kappa shape index (κ2) is 9.85. The van der Waals surface area contributed by atoms with E-state index in [4.69, 9.17) is 0 Å². The van der Waals surface area contributed by atoms with Gasteiger partial charge in [0.1, 0.15) is 24.3 Å². The van der Waals surface area contributed by atoms with Crippen molar-refractivity contribution in [2.24, 2.45) is 0 Å². The second-order valence-electron chi connectivity index (χ2n) is 7.45. The monoisotopic (exact) mass is 425 g/mol. The lowest BCUT2D eigenvalue weighted by Gasteiger charge is -2.16. The molecule has 0 spiro atoms. The number of carboxylic acids is 1. The van der Waals surface area contributed by atoms with E-state index in [0.717, 1.165) is 22.3 Å². The van der Waals surface area contributed by atoms with Crippen LogP contribution in [0.1, 0.15) is 22.8 Å². The van der Waals surface area contributed by atoms with Crippen LogP contribution in [0.3, 0.4) is 0 Å². The molecular formula is C26H23N3O3. The molecule has 0 aliphatic heterocycles. The highest BCUT2D eigenvalue weighted by Crippen LogP contribution is 2.25. The Hall–Kier alpha value is -4.03. The lowest BCUT2D eigenvalue weighted by molar-refractivity contribution is -0.137. The van der Waals surface area contributed by atoms with Crippen LogP contribution in [0.25, 0.3) is 11.3 Å². The van der Waals surface area contributed by atoms with Crippen LogP contribution in [0.15, 0.2) is 97.3 Å². The van der Waals surface area contributed by atoms with Gasteiger partial charge in [-0.2, -0.15) is 0 Å². The Balaban J connectivity index is 1.50. The topological polar surface area (TPSA) is 95.3 Å². The van der Waals surface area contributed by atoms with Gasteiger partial charge in [0.2, 0.25) is 0 Å². The summed E-state index contributed by atoms with van der Waals surface area (Å²) in [5.41, 5.74) is 4.03. The van der Waals surface area contributed by atoms with Crippen molar-refractivity contribution in [1.82, 2.24) is 9.97 Å². The summed E-state index contributed by atoms with van der Waals surface area (Å²) >= 11 is 0. The van der Waals surface area contributed by atoms with Gasteiger partial charge in [-0.15, -0.1) is 0 Å². The Morgan fingerprint density at radius 3 is 2.12 bits per heavy atom. The standard InChI is InChI=1S/C26H23N3O3/c30-25(20-9-5-2-6-10-20)21-13-11-19(12-14-21)22-16-24(28-17-27-22)29-23(26(31)32)15-18-7-3-1-4-8-18/h1-14,16-17,23,25,30H,15H2,(H,31,32)(H,27,28,29)/t23-,25?/m0/s1. The van der Waals surface area contributed by atoms with Crippen molar-refractivity contribution < 1.29 is 15.0 Å². The fourth-order valence-electron chi connectivity index (χ4n) is 3.49. The van der Waals surface area contributed by atoms with Crippen molar-refractivity contribution in [2.45, 2.75) is 18.6 Å². The zero-order valence-corrected chi connectivity index (χ0v) is 17.3. The molecule has 3 aromatic carbocycles. The van der Waals surface area contributed by atoms with Crippen molar-refractivity contribution in [2.75, 3.05) is 5.32 Å². The van der Waals surface area contributed by atoms with Crippen molar-refractivity contribution >= 4 is 11.8 Å². The highest BCUT2D eigenvalue weighted by molar-refractivity contribution is 5.77. The van der Waals surface area contributed by atoms with E-state index in [-0.39, 0.29) is 0 Å². The van der Waals surface area contributed by atoms with Gasteiger partial charge in [-0.1, -0.05) is 84.9 Å². The lowest BCUT2D eigenvalue weighted by Crippen LogP contribution is -2.31. The van der Waals surface area contributed by atoms with Gasteiger partial charge < -0.3 is 15.5 Å². The van der Waals surface area contributed by atoms with Crippen molar-refractivity contribution in [3.8, 4) is 11.3 Å². The van der Waals surface area contributed by atoms with Gasteiger partial charge >= 0.3 is 5.97 Å². The fraction of sp³-hybridized carbons (Fsp3) is 0.115. The maximum Gasteiger partial charge on any atom is 0.326 e. The van der Waals surface area contributed by atoms with Crippen molar-refractivity contribution in [3.63, 3.8) is 0 Å². The molecule has 0 fully saturated rings. The zero-order valence-electron chi connectivity index (χ0n) is 17.3. The number of carbonyl (C=O) groups is 1. The molecule has 0 amide bonds. The first kappa shape index (κ1) is 21.2. The Kier molecular flexibility index (Phi) is 6.53. The number of aromatic nitrogens is 2. The molecule has 4 rings (SSSR count). The second-order valence-corrected chi connectivity index (χ2v) is 7.45. The molecule has 0 saturated carbocycles. The normalized spacial score (nSPS) is 12.7. The first-order valence-corrected chi connectivity index (χ1v) is 10.3. The highest BCUT2D eigenvalue weighted by Gasteiger charge is 2.19. The zero-order chi connectivity index (χ0) is 22.3. The van der Waals surface area contributed by atoms with E-state index in [1.165, 1.54) is 6.33 Å². The number of hydrogen-bond donors (Lipinski definition) is 3. The fourth-order valence-corrected chi connectivity index (χ4v) is 3.49. The molecule has 2 atom stereocenters. The molecule has 0 bridgehead atoms. The first-order chi connectivity index (χ1) is 15.6. The van der Waals surface area contributed by atoms with Gasteiger partial charge in [-0.3, -0.25) is 0 Å². The minimum Gasteiger partial charge on any atom is -0.480 e. The summed E-state index contributed by atoms with van der Waals surface area (Å²) in [4.78, 5) is 20.3. The molecule has 160 valence electrons. The number of aliphatic hydroxyl groups is 1. The summed E-state index contributed by atoms with van der Waals surface area (Å²) in [6.07, 6.45) is 1.04. The predicted octanol–water partition coefficient (Wildman–Crippen LogP) is 4.33.